The van der Waals surface area contributed by atoms with Crippen LogP contribution in [0.4, 0.5) is 5.82 Å². The number of ether oxygens (including phenoxy) is 2. The number of rotatable bonds is 6. The summed E-state index contributed by atoms with van der Waals surface area (Å²) in [5.41, 5.74) is 0. The Balaban J connectivity index is 1.79. The maximum atomic E-state index is 13.2. The highest BCUT2D eigenvalue weighted by atomic mass is 79.9. The highest BCUT2D eigenvalue weighted by molar-refractivity contribution is 9.10. The van der Waals surface area contributed by atoms with Gasteiger partial charge in [0.05, 0.1) is 13.7 Å². The van der Waals surface area contributed by atoms with E-state index in [4.69, 9.17) is 9.47 Å². The number of methoxy groups -OCH3 is 1. The van der Waals surface area contributed by atoms with E-state index in [-0.39, 0.29) is 4.90 Å². The molecule has 0 saturated carbocycles. The number of nitrogens with zero attached hydrogens (tertiary/aromatic N) is 4. The zero-order valence-corrected chi connectivity index (χ0v) is 18.5. The molecule has 152 valence electrons. The molecule has 1 aromatic heterocycles. The van der Waals surface area contributed by atoms with Crippen LogP contribution < -0.4 is 14.4 Å². The summed E-state index contributed by atoms with van der Waals surface area (Å²) in [6.07, 6.45) is 0. The predicted molar refractivity (Wildman–Crippen MR) is 110 cm³/mol. The molecule has 0 N–H and O–H groups in total. The summed E-state index contributed by atoms with van der Waals surface area (Å²) >= 11 is 3.35. The molecule has 1 saturated heterocycles. The number of piperazine rings is 1. The summed E-state index contributed by atoms with van der Waals surface area (Å²) < 4.78 is 39.3. The van der Waals surface area contributed by atoms with Crippen LogP contribution in [0.15, 0.2) is 33.6 Å². The number of sulfonamides is 1. The fraction of sp³-hybridized carbons (Fsp3) is 0.444. The Labute approximate surface area is 173 Å². The zero-order chi connectivity index (χ0) is 20.3. The summed E-state index contributed by atoms with van der Waals surface area (Å²) in [4.78, 5) is 10.8. The lowest BCUT2D eigenvalue weighted by atomic mass is 10.3. The second-order valence-corrected chi connectivity index (χ2v) is 9.05. The van der Waals surface area contributed by atoms with Crippen LogP contribution in [0.3, 0.4) is 0 Å². The van der Waals surface area contributed by atoms with E-state index in [0.29, 0.717) is 54.7 Å². The molecule has 2 heterocycles. The van der Waals surface area contributed by atoms with Gasteiger partial charge in [0.15, 0.2) is 0 Å². The van der Waals surface area contributed by atoms with Crippen LogP contribution in [0.5, 0.6) is 11.6 Å². The largest absolute Gasteiger partial charge is 0.492 e. The van der Waals surface area contributed by atoms with Crippen LogP contribution in [0.2, 0.25) is 0 Å². The van der Waals surface area contributed by atoms with Crippen molar-refractivity contribution >= 4 is 31.8 Å². The quantitative estimate of drug-likeness (QED) is 0.640. The van der Waals surface area contributed by atoms with E-state index in [1.165, 1.54) is 4.31 Å². The topological polar surface area (TPSA) is 84.9 Å². The third-order valence-electron chi connectivity index (χ3n) is 4.40. The van der Waals surface area contributed by atoms with Gasteiger partial charge in [-0.3, -0.25) is 0 Å². The van der Waals surface area contributed by atoms with Crippen LogP contribution >= 0.6 is 15.9 Å². The zero-order valence-electron chi connectivity index (χ0n) is 16.1. The van der Waals surface area contributed by atoms with Crippen LogP contribution in [0.25, 0.3) is 0 Å². The summed E-state index contributed by atoms with van der Waals surface area (Å²) in [5, 5.41) is 0. The van der Waals surface area contributed by atoms with Crippen molar-refractivity contribution < 1.29 is 17.9 Å². The molecule has 0 bridgehead atoms. The Morgan fingerprint density at radius 2 is 1.86 bits per heavy atom. The van der Waals surface area contributed by atoms with Crippen LogP contribution in [-0.4, -0.2) is 62.6 Å². The van der Waals surface area contributed by atoms with Gasteiger partial charge in [-0.2, -0.15) is 9.29 Å². The van der Waals surface area contributed by atoms with Gasteiger partial charge in [-0.15, -0.1) is 0 Å². The number of anilines is 1. The first-order valence-electron chi connectivity index (χ1n) is 8.92. The third-order valence-corrected chi connectivity index (χ3v) is 6.81. The van der Waals surface area contributed by atoms with E-state index in [1.807, 2.05) is 11.8 Å². The highest BCUT2D eigenvalue weighted by Gasteiger charge is 2.31. The average Bonchev–Trinajstić information content (AvgIpc) is 2.69. The molecule has 28 heavy (non-hydrogen) atoms. The Morgan fingerprint density at radius 1 is 1.14 bits per heavy atom. The van der Waals surface area contributed by atoms with E-state index in [0.717, 1.165) is 5.82 Å². The Bertz CT molecular complexity index is 947. The number of hydrogen-bond donors (Lipinski definition) is 0. The molecule has 2 aromatic rings. The molecule has 1 aliphatic rings. The smallest absolute Gasteiger partial charge is 0.246 e. The maximum absolute atomic E-state index is 13.2. The molecule has 0 aliphatic carbocycles. The minimum absolute atomic E-state index is 0.178. The van der Waals surface area contributed by atoms with Crippen molar-refractivity contribution in [1.82, 2.24) is 14.3 Å². The lowest BCUT2D eigenvalue weighted by Gasteiger charge is -2.35. The van der Waals surface area contributed by atoms with E-state index in [2.05, 4.69) is 25.9 Å². The second kappa shape index (κ2) is 8.62. The Morgan fingerprint density at radius 3 is 2.50 bits per heavy atom. The van der Waals surface area contributed by atoms with E-state index >= 15 is 0 Å². The van der Waals surface area contributed by atoms with Crippen LogP contribution in [0, 0.1) is 6.92 Å². The van der Waals surface area contributed by atoms with Crippen molar-refractivity contribution in [1.29, 1.82) is 0 Å². The Kier molecular flexibility index (Phi) is 6.41. The minimum atomic E-state index is -3.67. The fourth-order valence-corrected chi connectivity index (χ4v) is 5.14. The number of aromatic nitrogens is 2. The van der Waals surface area contributed by atoms with Gasteiger partial charge in [-0.05, 0) is 32.0 Å². The molecule has 0 radical (unpaired) electrons. The summed E-state index contributed by atoms with van der Waals surface area (Å²) in [7, 11) is -2.11. The molecule has 10 heteroatoms. The van der Waals surface area contributed by atoms with Gasteiger partial charge in [0.1, 0.15) is 22.3 Å². The number of halogens is 1. The second-order valence-electron chi connectivity index (χ2n) is 6.23. The fourth-order valence-electron chi connectivity index (χ4n) is 3.05. The van der Waals surface area contributed by atoms with E-state index in [9.17, 15) is 8.42 Å². The monoisotopic (exact) mass is 470 g/mol. The van der Waals surface area contributed by atoms with Crippen molar-refractivity contribution in [2.45, 2.75) is 18.7 Å². The van der Waals surface area contributed by atoms with Crippen LogP contribution in [-0.2, 0) is 10.0 Å². The molecule has 1 aromatic carbocycles. The van der Waals surface area contributed by atoms with Gasteiger partial charge >= 0.3 is 0 Å². The first-order valence-corrected chi connectivity index (χ1v) is 11.2. The Hall–Kier alpha value is -1.91. The number of aryl methyl sites for hydroxylation is 1. The molecule has 1 aliphatic heterocycles. The molecule has 0 amide bonds. The molecular formula is C18H23BrN4O4S. The van der Waals surface area contributed by atoms with Crippen molar-refractivity contribution in [3.05, 3.63) is 34.6 Å². The predicted octanol–water partition coefficient (Wildman–Crippen LogP) is 2.47. The molecule has 0 unspecified atom stereocenters. The molecule has 0 atom stereocenters. The van der Waals surface area contributed by atoms with Crippen molar-refractivity contribution in [3.8, 4) is 11.6 Å². The number of benzene rings is 1. The van der Waals surface area contributed by atoms with Gasteiger partial charge in [0.25, 0.3) is 0 Å². The SMILES string of the molecule is CCOc1ccc(Br)cc1S(=O)(=O)N1CCN(c2cc(OC)nc(C)n2)CC1. The number of hydrogen-bond acceptors (Lipinski definition) is 7. The van der Waals surface area contributed by atoms with Gasteiger partial charge in [-0.1, -0.05) is 15.9 Å². The van der Waals surface area contributed by atoms with Crippen molar-refractivity contribution in [2.75, 3.05) is 44.8 Å². The summed E-state index contributed by atoms with van der Waals surface area (Å²) in [6.45, 7) is 5.78. The van der Waals surface area contributed by atoms with Gasteiger partial charge in [0.2, 0.25) is 15.9 Å². The first kappa shape index (κ1) is 20.8. The van der Waals surface area contributed by atoms with Gasteiger partial charge in [-0.25, -0.2) is 13.4 Å². The highest BCUT2D eigenvalue weighted by Crippen LogP contribution is 2.31. The molecule has 0 spiro atoms. The summed E-state index contributed by atoms with van der Waals surface area (Å²) in [5.74, 6) is 2.20. The summed E-state index contributed by atoms with van der Waals surface area (Å²) in [6, 6.07) is 6.80. The van der Waals surface area contributed by atoms with Crippen molar-refractivity contribution in [2.24, 2.45) is 0 Å². The molecule has 8 nitrogen and oxygen atoms in total. The third kappa shape index (κ3) is 4.39. The molecule has 1 fully saturated rings. The minimum Gasteiger partial charge on any atom is -0.492 e. The standard InChI is InChI=1S/C18H23BrN4O4S/c1-4-27-15-6-5-14(19)11-16(15)28(24,25)23-9-7-22(8-10-23)17-12-18(26-3)21-13(2)20-17/h5-6,11-12H,4,7-10H2,1-3H3. The first-order chi connectivity index (χ1) is 13.3. The van der Waals surface area contributed by atoms with E-state index < -0.39 is 10.0 Å². The van der Waals surface area contributed by atoms with Crippen LogP contribution in [0.1, 0.15) is 12.7 Å². The lowest BCUT2D eigenvalue weighted by molar-refractivity contribution is 0.327. The lowest BCUT2D eigenvalue weighted by Crippen LogP contribution is -2.49. The molecule has 3 rings (SSSR count). The van der Waals surface area contributed by atoms with E-state index in [1.54, 1.807) is 38.3 Å². The van der Waals surface area contributed by atoms with Crippen molar-refractivity contribution in [3.63, 3.8) is 0 Å². The normalized spacial score (nSPS) is 15.5. The maximum Gasteiger partial charge on any atom is 0.246 e. The average molecular weight is 471 g/mol. The van der Waals surface area contributed by atoms with Gasteiger partial charge < -0.3 is 14.4 Å². The molecular weight excluding hydrogens is 448 g/mol. The van der Waals surface area contributed by atoms with Gasteiger partial charge in [0, 0.05) is 36.7 Å².